The quantitative estimate of drug-likeness (QED) is 0.379. The molecular formula is C17H14N2O5S. The molecule has 0 saturated carbocycles. The van der Waals surface area contributed by atoms with E-state index in [0.717, 1.165) is 0 Å². The van der Waals surface area contributed by atoms with Crippen molar-refractivity contribution in [1.29, 1.82) is 0 Å². The Balaban J connectivity index is 1.85. The van der Waals surface area contributed by atoms with Crippen LogP contribution in [0.25, 0.3) is 10.2 Å². The smallest absolute Gasteiger partial charge is 0.270 e. The van der Waals surface area contributed by atoms with Crippen molar-refractivity contribution in [3.8, 4) is 11.5 Å². The summed E-state index contributed by atoms with van der Waals surface area (Å²) in [5.41, 5.74) is 1.14. The summed E-state index contributed by atoms with van der Waals surface area (Å²) in [6, 6.07) is 9.43. The molecule has 0 atom stereocenters. The maximum Gasteiger partial charge on any atom is 0.270 e. The number of benzene rings is 2. The first-order valence-electron chi connectivity index (χ1n) is 7.31. The third kappa shape index (κ3) is 3.43. The van der Waals surface area contributed by atoms with Crippen molar-refractivity contribution >= 4 is 33.0 Å². The van der Waals surface area contributed by atoms with Gasteiger partial charge in [0.1, 0.15) is 5.01 Å². The van der Waals surface area contributed by atoms with Gasteiger partial charge in [0.25, 0.3) is 5.69 Å². The Morgan fingerprint density at radius 1 is 1.16 bits per heavy atom. The number of thiazole rings is 1. The second kappa shape index (κ2) is 6.86. The molecule has 3 rings (SSSR count). The van der Waals surface area contributed by atoms with Gasteiger partial charge in [-0.05, 0) is 24.3 Å². The monoisotopic (exact) mass is 358 g/mol. The third-order valence-electron chi connectivity index (χ3n) is 3.64. The number of rotatable bonds is 6. The number of non-ortho nitro benzene ring substituents is 1. The minimum absolute atomic E-state index is 0.00826. The second-order valence-electron chi connectivity index (χ2n) is 5.19. The van der Waals surface area contributed by atoms with Crippen LogP contribution in [0.5, 0.6) is 11.5 Å². The fraction of sp³-hybridized carbons (Fsp3) is 0.176. The number of hydrogen-bond donors (Lipinski definition) is 0. The molecule has 0 radical (unpaired) electrons. The molecular weight excluding hydrogens is 344 g/mol. The van der Waals surface area contributed by atoms with E-state index in [4.69, 9.17) is 9.47 Å². The molecule has 1 heterocycles. The standard InChI is InChI=1S/C17H14N2O5S/c1-23-14-6-3-10(7-15(14)24-2)13(20)9-17-18-12-5-4-11(19(21)22)8-16(12)25-17/h3-8H,9H2,1-2H3. The second-order valence-corrected chi connectivity index (χ2v) is 6.30. The number of ether oxygens (including phenoxy) is 2. The first-order valence-corrected chi connectivity index (χ1v) is 8.12. The molecule has 0 N–H and O–H groups in total. The minimum Gasteiger partial charge on any atom is -0.493 e. The number of Topliss-reactive ketones (excluding diaryl/α,β-unsaturated/α-hetero) is 1. The van der Waals surface area contributed by atoms with Gasteiger partial charge in [-0.3, -0.25) is 14.9 Å². The summed E-state index contributed by atoms with van der Waals surface area (Å²) in [5.74, 6) is 0.911. The lowest BCUT2D eigenvalue weighted by Gasteiger charge is -2.08. The molecule has 0 spiro atoms. The molecule has 0 amide bonds. The van der Waals surface area contributed by atoms with Crippen LogP contribution in [0.3, 0.4) is 0 Å². The predicted octanol–water partition coefficient (Wildman–Crippen LogP) is 3.65. The summed E-state index contributed by atoms with van der Waals surface area (Å²) < 4.78 is 11.0. The number of nitro groups is 1. The molecule has 0 aliphatic rings. The van der Waals surface area contributed by atoms with Crippen molar-refractivity contribution in [2.45, 2.75) is 6.42 Å². The molecule has 8 heteroatoms. The van der Waals surface area contributed by atoms with Crippen LogP contribution in [0.1, 0.15) is 15.4 Å². The van der Waals surface area contributed by atoms with Gasteiger partial charge in [-0.25, -0.2) is 4.98 Å². The van der Waals surface area contributed by atoms with Crippen molar-refractivity contribution in [2.75, 3.05) is 14.2 Å². The summed E-state index contributed by atoms with van der Waals surface area (Å²) in [6.45, 7) is 0. The van der Waals surface area contributed by atoms with Crippen LogP contribution >= 0.6 is 11.3 Å². The van der Waals surface area contributed by atoms with E-state index in [0.29, 0.717) is 32.3 Å². The van der Waals surface area contributed by atoms with Crippen LogP contribution in [-0.4, -0.2) is 29.9 Å². The third-order valence-corrected chi connectivity index (χ3v) is 4.66. The lowest BCUT2D eigenvalue weighted by atomic mass is 10.1. The van der Waals surface area contributed by atoms with Gasteiger partial charge >= 0.3 is 0 Å². The van der Waals surface area contributed by atoms with Crippen LogP contribution < -0.4 is 9.47 Å². The van der Waals surface area contributed by atoms with Gasteiger partial charge in [-0.2, -0.15) is 0 Å². The van der Waals surface area contributed by atoms with Crippen LogP contribution in [0, 0.1) is 10.1 Å². The largest absolute Gasteiger partial charge is 0.493 e. The molecule has 0 aliphatic carbocycles. The highest BCUT2D eigenvalue weighted by Gasteiger charge is 2.15. The number of nitrogens with zero attached hydrogens (tertiary/aromatic N) is 2. The zero-order valence-corrected chi connectivity index (χ0v) is 14.3. The topological polar surface area (TPSA) is 91.6 Å². The Morgan fingerprint density at radius 2 is 1.92 bits per heavy atom. The highest BCUT2D eigenvalue weighted by atomic mass is 32.1. The molecule has 25 heavy (non-hydrogen) atoms. The van der Waals surface area contributed by atoms with E-state index in [1.54, 1.807) is 24.3 Å². The Labute approximate surface area is 147 Å². The van der Waals surface area contributed by atoms with E-state index in [1.807, 2.05) is 0 Å². The number of hydrogen-bond acceptors (Lipinski definition) is 7. The zero-order chi connectivity index (χ0) is 18.0. The molecule has 7 nitrogen and oxygen atoms in total. The van der Waals surface area contributed by atoms with Crippen molar-refractivity contribution in [1.82, 2.24) is 4.98 Å². The molecule has 3 aromatic rings. The van der Waals surface area contributed by atoms with Gasteiger partial charge in [-0.15, -0.1) is 11.3 Å². The Bertz CT molecular complexity index is 967. The molecule has 0 bridgehead atoms. The fourth-order valence-corrected chi connectivity index (χ4v) is 3.40. The lowest BCUT2D eigenvalue weighted by Crippen LogP contribution is -2.04. The van der Waals surface area contributed by atoms with Gasteiger partial charge in [0.15, 0.2) is 17.3 Å². The zero-order valence-electron chi connectivity index (χ0n) is 13.5. The van der Waals surface area contributed by atoms with E-state index in [-0.39, 0.29) is 17.9 Å². The Morgan fingerprint density at radius 3 is 2.60 bits per heavy atom. The highest BCUT2D eigenvalue weighted by molar-refractivity contribution is 7.18. The predicted molar refractivity (Wildman–Crippen MR) is 93.9 cm³/mol. The summed E-state index contributed by atoms with van der Waals surface area (Å²) in [7, 11) is 3.03. The van der Waals surface area contributed by atoms with E-state index in [1.165, 1.54) is 37.7 Å². The maximum atomic E-state index is 12.5. The number of carbonyl (C=O) groups excluding carboxylic acids is 1. The molecule has 2 aromatic carbocycles. The van der Waals surface area contributed by atoms with Crippen molar-refractivity contribution in [3.63, 3.8) is 0 Å². The summed E-state index contributed by atoms with van der Waals surface area (Å²) >= 11 is 1.28. The van der Waals surface area contributed by atoms with Crippen LogP contribution in [-0.2, 0) is 6.42 Å². The molecule has 128 valence electrons. The normalized spacial score (nSPS) is 10.6. The van der Waals surface area contributed by atoms with Gasteiger partial charge in [0.2, 0.25) is 0 Å². The van der Waals surface area contributed by atoms with Crippen molar-refractivity contribution in [2.24, 2.45) is 0 Å². The SMILES string of the molecule is COc1ccc(C(=O)Cc2nc3ccc([N+](=O)[O-])cc3s2)cc1OC. The van der Waals surface area contributed by atoms with E-state index < -0.39 is 4.92 Å². The number of ketones is 1. The Kier molecular flexibility index (Phi) is 4.62. The molecule has 0 fully saturated rings. The van der Waals surface area contributed by atoms with Gasteiger partial charge in [-0.1, -0.05) is 0 Å². The number of fused-ring (bicyclic) bond motifs is 1. The van der Waals surface area contributed by atoms with E-state index >= 15 is 0 Å². The summed E-state index contributed by atoms with van der Waals surface area (Å²) in [4.78, 5) is 27.3. The first-order chi connectivity index (χ1) is 12.0. The first kappa shape index (κ1) is 16.8. The van der Waals surface area contributed by atoms with Gasteiger partial charge in [0.05, 0.1) is 35.8 Å². The van der Waals surface area contributed by atoms with E-state index in [9.17, 15) is 14.9 Å². The average molecular weight is 358 g/mol. The van der Waals surface area contributed by atoms with Crippen molar-refractivity contribution < 1.29 is 19.2 Å². The molecule has 0 saturated heterocycles. The highest BCUT2D eigenvalue weighted by Crippen LogP contribution is 2.30. The van der Waals surface area contributed by atoms with Crippen LogP contribution in [0.15, 0.2) is 36.4 Å². The number of carbonyl (C=O) groups is 1. The van der Waals surface area contributed by atoms with Crippen LogP contribution in [0.2, 0.25) is 0 Å². The van der Waals surface area contributed by atoms with Gasteiger partial charge in [0, 0.05) is 17.7 Å². The number of nitro benzene ring substituents is 1. The summed E-state index contributed by atoms with van der Waals surface area (Å²) in [5, 5.41) is 11.4. The fourth-order valence-electron chi connectivity index (χ4n) is 2.40. The molecule has 1 aromatic heterocycles. The number of methoxy groups -OCH3 is 2. The molecule has 0 aliphatic heterocycles. The Hall–Kier alpha value is -3.00. The van der Waals surface area contributed by atoms with Crippen LogP contribution in [0.4, 0.5) is 5.69 Å². The van der Waals surface area contributed by atoms with Crippen molar-refractivity contribution in [3.05, 3.63) is 57.1 Å². The average Bonchev–Trinajstić information content (AvgIpc) is 3.02. The van der Waals surface area contributed by atoms with E-state index in [2.05, 4.69) is 4.98 Å². The minimum atomic E-state index is -0.451. The summed E-state index contributed by atoms with van der Waals surface area (Å²) in [6.07, 6.45) is 0.114. The molecule has 0 unspecified atom stereocenters. The number of aromatic nitrogens is 1. The maximum absolute atomic E-state index is 12.5. The lowest BCUT2D eigenvalue weighted by molar-refractivity contribution is -0.384. The van der Waals surface area contributed by atoms with Gasteiger partial charge < -0.3 is 9.47 Å².